The Morgan fingerprint density at radius 3 is 1.22 bits per heavy atom. The first-order chi connectivity index (χ1) is 31.4. The quantitative estimate of drug-likeness (QED) is 0.0993. The smallest absolute Gasteiger partial charge is 0.156 e. The monoisotopic (exact) mass is 862 g/mol. The first-order valence-corrected chi connectivity index (χ1v) is 25.0. The molecule has 336 valence electrons. The molecule has 0 radical (unpaired) electrons. The van der Waals surface area contributed by atoms with Gasteiger partial charge in [-0.2, -0.15) is 0 Å². The fourth-order valence-corrected chi connectivity index (χ4v) is 11.6. The summed E-state index contributed by atoms with van der Waals surface area (Å²) in [6.45, 7) is 17.6. The molecule has 65 heavy (non-hydrogen) atoms. The molecule has 1 heterocycles. The van der Waals surface area contributed by atoms with Gasteiger partial charge in [0.25, 0.3) is 0 Å². The molecule has 0 atom stereocenters. The van der Waals surface area contributed by atoms with Crippen LogP contribution in [0, 0.1) is 0 Å². The molecule has 0 bridgehead atoms. The highest BCUT2D eigenvalue weighted by Crippen LogP contribution is 2.58. The maximum Gasteiger partial charge on any atom is 0.156 e. The maximum absolute atomic E-state index is 11.2. The van der Waals surface area contributed by atoms with E-state index >= 15 is 0 Å². The fourth-order valence-electron chi connectivity index (χ4n) is 11.6. The largest absolute Gasteiger partial charge is 0.310 e. The lowest BCUT2D eigenvalue weighted by Crippen LogP contribution is -2.51. The zero-order valence-corrected chi connectivity index (χ0v) is 40.5. The van der Waals surface area contributed by atoms with Gasteiger partial charge in [0, 0.05) is 33.5 Å². The number of rotatable bonds is 17. The molecule has 2 aliphatic carbocycles. The predicted molar refractivity (Wildman–Crippen MR) is 275 cm³/mol. The van der Waals surface area contributed by atoms with Crippen LogP contribution in [0.2, 0.25) is 0 Å². The highest BCUT2D eigenvalue weighted by atomic mass is 16.5. The molecule has 6 aromatic carbocycles. The van der Waals surface area contributed by atoms with Crippen LogP contribution in [0.15, 0.2) is 138 Å². The minimum absolute atomic E-state index is 0.00664. The Labute approximate surface area is 390 Å². The molecule has 9 rings (SSSR count). The molecule has 0 saturated carbocycles. The third kappa shape index (κ3) is 7.45. The predicted octanol–water partition coefficient (Wildman–Crippen LogP) is 17.1. The molecule has 4 nitrogen and oxygen atoms in total. The Kier molecular flexibility index (Phi) is 12.2. The van der Waals surface area contributed by atoms with Crippen molar-refractivity contribution in [3.8, 4) is 33.4 Å². The van der Waals surface area contributed by atoms with Crippen LogP contribution in [0.1, 0.15) is 160 Å². The van der Waals surface area contributed by atoms with Crippen molar-refractivity contribution in [2.45, 2.75) is 154 Å². The summed E-state index contributed by atoms with van der Waals surface area (Å²) >= 11 is 0. The minimum atomic E-state index is -0.507. The van der Waals surface area contributed by atoms with Gasteiger partial charge in [0.15, 0.2) is 5.84 Å². The van der Waals surface area contributed by atoms with Gasteiger partial charge in [-0.15, -0.1) is 0 Å². The zero-order chi connectivity index (χ0) is 45.6. The highest BCUT2D eigenvalue weighted by molar-refractivity contribution is 6.00. The van der Waals surface area contributed by atoms with Crippen molar-refractivity contribution in [3.63, 3.8) is 0 Å². The van der Waals surface area contributed by atoms with E-state index in [4.69, 9.17) is 4.99 Å². The Balaban J connectivity index is 1.18. The summed E-state index contributed by atoms with van der Waals surface area (Å²) in [6, 6.07) is 51.1. The summed E-state index contributed by atoms with van der Waals surface area (Å²) in [7, 11) is 0. The molecule has 0 saturated heterocycles. The van der Waals surface area contributed by atoms with Crippen molar-refractivity contribution >= 4 is 22.9 Å². The Morgan fingerprint density at radius 1 is 0.446 bits per heavy atom. The second-order valence-corrected chi connectivity index (χ2v) is 20.5. The third-order valence-electron chi connectivity index (χ3n) is 16.1. The number of benzene rings is 6. The van der Waals surface area contributed by atoms with Gasteiger partial charge in [-0.3, -0.25) is 10.2 Å². The Hall–Kier alpha value is -5.45. The van der Waals surface area contributed by atoms with Crippen LogP contribution in [0.25, 0.3) is 33.4 Å². The minimum Gasteiger partial charge on any atom is -0.310 e. The summed E-state index contributed by atoms with van der Waals surface area (Å²) in [6.07, 6.45) is 14.2. The third-order valence-corrected chi connectivity index (χ3v) is 16.1. The van der Waals surface area contributed by atoms with E-state index in [1.54, 1.807) is 0 Å². The summed E-state index contributed by atoms with van der Waals surface area (Å²) in [5.74, 6) is 0.620. The average Bonchev–Trinajstić information content (AvgIpc) is 3.83. The number of aliphatic imine (C=N–C) groups is 1. The molecule has 0 aromatic heterocycles. The van der Waals surface area contributed by atoms with Gasteiger partial charge >= 0.3 is 0 Å². The van der Waals surface area contributed by atoms with Gasteiger partial charge in [-0.25, -0.2) is 5.06 Å². The first kappa shape index (κ1) is 44.7. The second-order valence-electron chi connectivity index (χ2n) is 20.5. The molecular formula is C61H71N3O. The summed E-state index contributed by atoms with van der Waals surface area (Å²) < 4.78 is 0. The first-order valence-electron chi connectivity index (χ1n) is 25.0. The van der Waals surface area contributed by atoms with E-state index in [0.717, 1.165) is 48.1 Å². The van der Waals surface area contributed by atoms with Crippen LogP contribution in [-0.2, 0) is 10.8 Å². The van der Waals surface area contributed by atoms with Gasteiger partial charge in [0.1, 0.15) is 0 Å². The zero-order valence-electron chi connectivity index (χ0n) is 40.5. The summed E-state index contributed by atoms with van der Waals surface area (Å²) in [5, 5.41) is 12.5. The molecule has 4 heteroatoms. The number of hydroxylamine groups is 2. The van der Waals surface area contributed by atoms with Crippen molar-refractivity contribution in [2.24, 2.45) is 4.99 Å². The van der Waals surface area contributed by atoms with Crippen molar-refractivity contribution < 1.29 is 5.21 Å². The fraction of sp³-hybridized carbons (Fsp3) is 0.393. The van der Waals surface area contributed by atoms with E-state index < -0.39 is 11.1 Å². The van der Waals surface area contributed by atoms with E-state index in [1.165, 1.54) is 112 Å². The van der Waals surface area contributed by atoms with Crippen LogP contribution in [0.4, 0.5) is 17.1 Å². The average molecular weight is 862 g/mol. The maximum atomic E-state index is 11.2. The lowest BCUT2D eigenvalue weighted by molar-refractivity contribution is -0.0992. The molecular weight excluding hydrogens is 791 g/mol. The van der Waals surface area contributed by atoms with E-state index in [-0.39, 0.29) is 10.8 Å². The number of unbranched alkanes of at least 4 members (excludes halogenated alkanes) is 4. The molecule has 1 N–H and O–H groups in total. The number of anilines is 3. The molecule has 0 fully saturated rings. The van der Waals surface area contributed by atoms with Gasteiger partial charge in [-0.1, -0.05) is 176 Å². The Morgan fingerprint density at radius 2 is 0.815 bits per heavy atom. The molecule has 0 unspecified atom stereocenters. The van der Waals surface area contributed by atoms with E-state index in [0.29, 0.717) is 5.84 Å². The van der Waals surface area contributed by atoms with E-state index in [2.05, 4.69) is 180 Å². The molecule has 3 aliphatic rings. The number of nitrogens with zero attached hydrogens (tertiary/aromatic N) is 3. The van der Waals surface area contributed by atoms with Gasteiger partial charge in [0.2, 0.25) is 0 Å². The summed E-state index contributed by atoms with van der Waals surface area (Å²) in [5.41, 5.74) is 17.5. The topological polar surface area (TPSA) is 39.1 Å². The highest BCUT2D eigenvalue weighted by Gasteiger charge is 2.49. The van der Waals surface area contributed by atoms with Crippen LogP contribution in [0.5, 0.6) is 0 Å². The lowest BCUT2D eigenvalue weighted by Gasteiger charge is -2.36. The summed E-state index contributed by atoms with van der Waals surface area (Å²) in [4.78, 5) is 7.49. The van der Waals surface area contributed by atoms with Crippen molar-refractivity contribution in [1.82, 2.24) is 5.06 Å². The van der Waals surface area contributed by atoms with Crippen LogP contribution < -0.4 is 4.90 Å². The van der Waals surface area contributed by atoms with Gasteiger partial charge < -0.3 is 4.90 Å². The van der Waals surface area contributed by atoms with Gasteiger partial charge in [0.05, 0.1) is 11.1 Å². The molecule has 0 spiro atoms. The number of amidine groups is 1. The second kappa shape index (κ2) is 17.7. The number of hydrogen-bond acceptors (Lipinski definition) is 4. The Bertz CT molecular complexity index is 2550. The number of hydrogen-bond donors (Lipinski definition) is 1. The van der Waals surface area contributed by atoms with Gasteiger partial charge in [-0.05, 0) is 145 Å². The normalized spacial score (nSPS) is 16.8. The van der Waals surface area contributed by atoms with Crippen molar-refractivity contribution in [1.29, 1.82) is 0 Å². The molecule has 6 aromatic rings. The standard InChI is InChI=1S/C61H71N3O/c1-9-13-37-60(38-14-10-2)53-23-19-17-21-49(53)51-35-33-47(41-55(51)60)63(48-34-36-52-50-22-18-20-24-54(50)61(39-15-11-3,40-16-12-4)56(52)42-48)46-31-29-44(30-32-46)43-25-27-45(28-26-43)57-62-58(5,6)59(7,8)64(57)65/h17-36,41-42,65H,9-16,37-40H2,1-8H3. The SMILES string of the molecule is CCCCC1(CCCC)c2ccccc2-c2ccc(N(c3ccc(-c4ccc(C5=NC(C)(C)C(C)(C)N5O)cc4)cc3)c3ccc4c(c3)C(CCCC)(CCCC)c3ccccc3-4)cc21. The van der Waals surface area contributed by atoms with E-state index in [9.17, 15) is 5.21 Å². The van der Waals surface area contributed by atoms with Crippen LogP contribution in [-0.4, -0.2) is 27.2 Å². The van der Waals surface area contributed by atoms with Crippen LogP contribution >= 0.6 is 0 Å². The molecule has 1 aliphatic heterocycles. The lowest BCUT2D eigenvalue weighted by atomic mass is 9.70. The molecule has 0 amide bonds. The van der Waals surface area contributed by atoms with E-state index in [1.807, 2.05) is 13.8 Å². The van der Waals surface area contributed by atoms with Crippen LogP contribution in [0.3, 0.4) is 0 Å². The number of fused-ring (bicyclic) bond motifs is 6. The van der Waals surface area contributed by atoms with Crippen molar-refractivity contribution in [2.75, 3.05) is 4.90 Å². The van der Waals surface area contributed by atoms with Crippen molar-refractivity contribution in [3.05, 3.63) is 161 Å².